The molecule has 0 amide bonds. The Bertz CT molecular complexity index is 464. The number of rotatable bonds is 4. The van der Waals surface area contributed by atoms with E-state index in [2.05, 4.69) is 0 Å². The van der Waals surface area contributed by atoms with Crippen LogP contribution < -0.4 is 0 Å². The third kappa shape index (κ3) is 2.05. The van der Waals surface area contributed by atoms with E-state index in [1.54, 1.807) is 4.31 Å². The molecule has 0 radical (unpaired) electrons. The molecule has 0 bridgehead atoms. The van der Waals surface area contributed by atoms with Crippen LogP contribution in [0.1, 0.15) is 44.9 Å². The zero-order valence-corrected chi connectivity index (χ0v) is 11.2. The Balaban J connectivity index is 1.74. The second-order valence-electron chi connectivity index (χ2n) is 6.00. The molecule has 2 aliphatic carbocycles. The first-order valence-electron chi connectivity index (χ1n) is 6.67. The number of sulfonamides is 1. The molecule has 6 heteroatoms. The maximum Gasteiger partial charge on any atom is 0.303 e. The second kappa shape index (κ2) is 3.93. The van der Waals surface area contributed by atoms with Crippen LogP contribution in [0.4, 0.5) is 0 Å². The fraction of sp³-hybridized carbons (Fsp3) is 0.917. The number of carbonyl (C=O) groups is 1. The van der Waals surface area contributed by atoms with Crippen LogP contribution in [0.2, 0.25) is 0 Å². The molecule has 0 aromatic rings. The lowest BCUT2D eigenvalue weighted by Crippen LogP contribution is -2.49. The van der Waals surface area contributed by atoms with Gasteiger partial charge in [-0.2, -0.15) is 4.31 Å². The molecule has 1 aliphatic heterocycles. The highest BCUT2D eigenvalue weighted by molar-refractivity contribution is 7.90. The van der Waals surface area contributed by atoms with Crippen molar-refractivity contribution in [2.45, 2.75) is 55.7 Å². The lowest BCUT2D eigenvalue weighted by Gasteiger charge is -2.39. The van der Waals surface area contributed by atoms with Crippen molar-refractivity contribution in [1.29, 1.82) is 0 Å². The highest BCUT2D eigenvalue weighted by atomic mass is 32.2. The Morgan fingerprint density at radius 1 is 1.28 bits per heavy atom. The van der Waals surface area contributed by atoms with E-state index in [-0.39, 0.29) is 23.1 Å². The summed E-state index contributed by atoms with van der Waals surface area (Å²) in [7, 11) is -3.10. The minimum Gasteiger partial charge on any atom is -0.481 e. The van der Waals surface area contributed by atoms with Gasteiger partial charge in [0, 0.05) is 18.5 Å². The second-order valence-corrected chi connectivity index (χ2v) is 8.13. The van der Waals surface area contributed by atoms with Gasteiger partial charge in [0.2, 0.25) is 10.0 Å². The maximum absolute atomic E-state index is 12.3. The van der Waals surface area contributed by atoms with Gasteiger partial charge in [-0.3, -0.25) is 4.79 Å². The van der Waals surface area contributed by atoms with Crippen LogP contribution in [0, 0.1) is 5.92 Å². The van der Waals surface area contributed by atoms with Crippen molar-refractivity contribution in [2.24, 2.45) is 5.92 Å². The number of hydrogen-bond acceptors (Lipinski definition) is 3. The summed E-state index contributed by atoms with van der Waals surface area (Å²) in [6, 6.07) is 0. The van der Waals surface area contributed by atoms with Gasteiger partial charge >= 0.3 is 5.97 Å². The van der Waals surface area contributed by atoms with Gasteiger partial charge in [-0.25, -0.2) is 8.42 Å². The van der Waals surface area contributed by atoms with Crippen molar-refractivity contribution < 1.29 is 18.3 Å². The molecule has 1 saturated heterocycles. The third-order valence-electron chi connectivity index (χ3n) is 4.48. The molecule has 102 valence electrons. The van der Waals surface area contributed by atoms with Gasteiger partial charge in [-0.15, -0.1) is 0 Å². The Labute approximate surface area is 107 Å². The summed E-state index contributed by atoms with van der Waals surface area (Å²) >= 11 is 0. The largest absolute Gasteiger partial charge is 0.481 e. The van der Waals surface area contributed by atoms with Gasteiger partial charge in [0.05, 0.1) is 5.25 Å². The number of hydrogen-bond donors (Lipinski definition) is 1. The smallest absolute Gasteiger partial charge is 0.303 e. The molecular weight excluding hydrogens is 254 g/mol. The predicted octanol–water partition coefficient (Wildman–Crippen LogP) is 1.20. The van der Waals surface area contributed by atoms with Gasteiger partial charge in [-0.1, -0.05) is 0 Å². The molecule has 18 heavy (non-hydrogen) atoms. The Morgan fingerprint density at radius 2 is 1.94 bits per heavy atom. The molecule has 5 nitrogen and oxygen atoms in total. The number of carboxylic acids is 1. The van der Waals surface area contributed by atoms with Crippen LogP contribution in [0.25, 0.3) is 0 Å². The first-order valence-corrected chi connectivity index (χ1v) is 8.18. The average molecular weight is 273 g/mol. The third-order valence-corrected chi connectivity index (χ3v) is 6.98. The summed E-state index contributed by atoms with van der Waals surface area (Å²) in [6.07, 6.45) is 5.04. The van der Waals surface area contributed by atoms with Crippen LogP contribution in [0.3, 0.4) is 0 Å². The zero-order valence-electron chi connectivity index (χ0n) is 10.3. The normalized spacial score (nSPS) is 31.4. The lowest BCUT2D eigenvalue weighted by atomic mass is 9.88. The van der Waals surface area contributed by atoms with Crippen molar-refractivity contribution in [3.05, 3.63) is 0 Å². The van der Waals surface area contributed by atoms with Crippen LogP contribution >= 0.6 is 0 Å². The highest BCUT2D eigenvalue weighted by Crippen LogP contribution is 2.53. The fourth-order valence-corrected chi connectivity index (χ4v) is 5.49. The standard InChI is InChI=1S/C12H19NO4S/c14-11(15)7-9-3-6-13(12(8-9)4-5-12)18(16,17)10-1-2-10/h9-10H,1-8H2,(H,14,15). The molecular formula is C12H19NO4S. The number of carboxylic acid groups (broad SMARTS) is 1. The molecule has 0 aromatic carbocycles. The average Bonchev–Trinajstić information content (AvgIpc) is 3.09. The Morgan fingerprint density at radius 3 is 2.44 bits per heavy atom. The maximum atomic E-state index is 12.3. The van der Waals surface area contributed by atoms with E-state index in [0.717, 1.165) is 32.1 Å². The quantitative estimate of drug-likeness (QED) is 0.835. The van der Waals surface area contributed by atoms with Crippen LogP contribution in [-0.4, -0.2) is 41.1 Å². The van der Waals surface area contributed by atoms with Crippen molar-refractivity contribution in [2.75, 3.05) is 6.54 Å². The number of nitrogens with zero attached hydrogens (tertiary/aromatic N) is 1. The summed E-state index contributed by atoms with van der Waals surface area (Å²) in [5.41, 5.74) is -0.209. The molecule has 1 spiro atoms. The zero-order chi connectivity index (χ0) is 13.0. The van der Waals surface area contributed by atoms with Crippen molar-refractivity contribution in [3.8, 4) is 0 Å². The molecule has 3 aliphatic rings. The lowest BCUT2D eigenvalue weighted by molar-refractivity contribution is -0.138. The van der Waals surface area contributed by atoms with Crippen LogP contribution in [0.15, 0.2) is 0 Å². The molecule has 3 rings (SSSR count). The summed E-state index contributed by atoms with van der Waals surface area (Å²) < 4.78 is 26.4. The SMILES string of the molecule is O=C(O)CC1CCN(S(=O)(=O)C2CC2)C2(CC2)C1. The molecule has 2 saturated carbocycles. The fourth-order valence-electron chi connectivity index (χ4n) is 3.24. The molecule has 3 fully saturated rings. The first kappa shape index (κ1) is 12.4. The first-order chi connectivity index (χ1) is 8.44. The van der Waals surface area contributed by atoms with Crippen molar-refractivity contribution in [1.82, 2.24) is 4.31 Å². The van der Waals surface area contributed by atoms with E-state index >= 15 is 0 Å². The van der Waals surface area contributed by atoms with Crippen LogP contribution in [0.5, 0.6) is 0 Å². The Kier molecular flexibility index (Phi) is 2.71. The van der Waals surface area contributed by atoms with E-state index < -0.39 is 16.0 Å². The van der Waals surface area contributed by atoms with Crippen molar-refractivity contribution in [3.63, 3.8) is 0 Å². The minimum absolute atomic E-state index is 0.147. The monoisotopic (exact) mass is 273 g/mol. The van der Waals surface area contributed by atoms with E-state index in [1.807, 2.05) is 0 Å². The van der Waals surface area contributed by atoms with Crippen LogP contribution in [-0.2, 0) is 14.8 Å². The molecule has 1 N–H and O–H groups in total. The summed E-state index contributed by atoms with van der Waals surface area (Å²) in [5, 5.41) is 8.70. The predicted molar refractivity (Wildman–Crippen MR) is 65.6 cm³/mol. The van der Waals surface area contributed by atoms with E-state index in [0.29, 0.717) is 13.0 Å². The van der Waals surface area contributed by atoms with E-state index in [4.69, 9.17) is 5.11 Å². The number of aliphatic carboxylic acids is 1. The van der Waals surface area contributed by atoms with Gasteiger partial charge in [0.25, 0.3) is 0 Å². The summed E-state index contributed by atoms with van der Waals surface area (Å²) in [4.78, 5) is 10.8. The van der Waals surface area contributed by atoms with Gasteiger partial charge < -0.3 is 5.11 Å². The minimum atomic E-state index is -3.10. The molecule has 1 atom stereocenters. The van der Waals surface area contributed by atoms with Gasteiger partial charge in [0.15, 0.2) is 0 Å². The molecule has 1 unspecified atom stereocenters. The van der Waals surface area contributed by atoms with Crippen molar-refractivity contribution >= 4 is 16.0 Å². The highest BCUT2D eigenvalue weighted by Gasteiger charge is 2.58. The molecule has 0 aromatic heterocycles. The van der Waals surface area contributed by atoms with Gasteiger partial charge in [0.1, 0.15) is 0 Å². The Hall–Kier alpha value is -0.620. The van der Waals surface area contributed by atoms with E-state index in [9.17, 15) is 13.2 Å². The summed E-state index contributed by atoms with van der Waals surface area (Å²) in [6.45, 7) is 0.525. The summed E-state index contributed by atoms with van der Waals surface area (Å²) in [5.74, 6) is -0.620. The van der Waals surface area contributed by atoms with Gasteiger partial charge in [-0.05, 0) is 44.4 Å². The van der Waals surface area contributed by atoms with E-state index in [1.165, 1.54) is 0 Å². The number of piperidine rings is 1. The molecule has 1 heterocycles. The topological polar surface area (TPSA) is 74.7 Å².